The SMILES string of the molecule is CCCCCC(O)Cc1ncc(C)c(OC)c1C. The molecule has 0 amide bonds. The van der Waals surface area contributed by atoms with Gasteiger partial charge in [0.25, 0.3) is 0 Å². The Labute approximate surface area is 110 Å². The molecule has 0 radical (unpaired) electrons. The molecule has 0 spiro atoms. The van der Waals surface area contributed by atoms with Crippen LogP contribution in [0.25, 0.3) is 0 Å². The molecule has 0 saturated heterocycles. The third kappa shape index (κ3) is 3.98. The van der Waals surface area contributed by atoms with Gasteiger partial charge in [-0.15, -0.1) is 0 Å². The van der Waals surface area contributed by atoms with Gasteiger partial charge in [-0.25, -0.2) is 0 Å². The first-order valence-electron chi connectivity index (χ1n) is 6.77. The second-order valence-corrected chi connectivity index (χ2v) is 4.90. The number of unbranched alkanes of at least 4 members (excludes halogenated alkanes) is 2. The summed E-state index contributed by atoms with van der Waals surface area (Å²) < 4.78 is 5.37. The van der Waals surface area contributed by atoms with Gasteiger partial charge in [-0.2, -0.15) is 0 Å². The summed E-state index contributed by atoms with van der Waals surface area (Å²) in [6.07, 6.45) is 6.44. The standard InChI is InChI=1S/C15H25NO2/c1-5-6-7-8-13(17)9-14-12(3)15(18-4)11(2)10-16-14/h10,13,17H,5-9H2,1-4H3. The highest BCUT2D eigenvalue weighted by Crippen LogP contribution is 2.25. The van der Waals surface area contributed by atoms with Crippen molar-refractivity contribution in [1.82, 2.24) is 4.98 Å². The number of nitrogens with zero attached hydrogens (tertiary/aromatic N) is 1. The average Bonchev–Trinajstić information content (AvgIpc) is 2.34. The lowest BCUT2D eigenvalue weighted by atomic mass is 10.0. The van der Waals surface area contributed by atoms with Crippen molar-refractivity contribution in [3.05, 3.63) is 23.0 Å². The Balaban J connectivity index is 2.67. The zero-order valence-corrected chi connectivity index (χ0v) is 12.0. The van der Waals surface area contributed by atoms with Crippen molar-refractivity contribution >= 4 is 0 Å². The van der Waals surface area contributed by atoms with Crippen LogP contribution in [0.2, 0.25) is 0 Å². The smallest absolute Gasteiger partial charge is 0.128 e. The maximum Gasteiger partial charge on any atom is 0.128 e. The van der Waals surface area contributed by atoms with E-state index in [0.717, 1.165) is 35.4 Å². The van der Waals surface area contributed by atoms with Crippen molar-refractivity contribution in [3.63, 3.8) is 0 Å². The zero-order chi connectivity index (χ0) is 13.5. The highest BCUT2D eigenvalue weighted by molar-refractivity contribution is 5.41. The van der Waals surface area contributed by atoms with Crippen molar-refractivity contribution < 1.29 is 9.84 Å². The lowest BCUT2D eigenvalue weighted by molar-refractivity contribution is 0.159. The number of aliphatic hydroxyl groups is 1. The Morgan fingerprint density at radius 1 is 1.33 bits per heavy atom. The first-order valence-corrected chi connectivity index (χ1v) is 6.77. The van der Waals surface area contributed by atoms with Gasteiger partial charge in [0.2, 0.25) is 0 Å². The fourth-order valence-electron chi connectivity index (χ4n) is 2.23. The van der Waals surface area contributed by atoms with Crippen LogP contribution in [0, 0.1) is 13.8 Å². The molecule has 0 aliphatic heterocycles. The molecule has 1 N–H and O–H groups in total. The van der Waals surface area contributed by atoms with E-state index in [1.165, 1.54) is 12.8 Å². The summed E-state index contributed by atoms with van der Waals surface area (Å²) in [6.45, 7) is 6.16. The number of methoxy groups -OCH3 is 1. The molecule has 0 aliphatic carbocycles. The Morgan fingerprint density at radius 2 is 2.06 bits per heavy atom. The fraction of sp³-hybridized carbons (Fsp3) is 0.667. The number of hydrogen-bond donors (Lipinski definition) is 1. The maximum absolute atomic E-state index is 10.0. The monoisotopic (exact) mass is 251 g/mol. The number of hydrogen-bond acceptors (Lipinski definition) is 3. The van der Waals surface area contributed by atoms with E-state index in [-0.39, 0.29) is 6.10 Å². The molecule has 18 heavy (non-hydrogen) atoms. The number of rotatable bonds is 7. The Bertz CT molecular complexity index is 377. The fourth-order valence-corrected chi connectivity index (χ4v) is 2.23. The van der Waals surface area contributed by atoms with Crippen molar-refractivity contribution in [2.24, 2.45) is 0 Å². The molecule has 0 aliphatic rings. The Hall–Kier alpha value is -1.09. The molecular weight excluding hydrogens is 226 g/mol. The molecule has 1 aromatic rings. The van der Waals surface area contributed by atoms with Gasteiger partial charge in [-0.3, -0.25) is 4.98 Å². The molecule has 1 aromatic heterocycles. The molecule has 0 bridgehead atoms. The highest BCUT2D eigenvalue weighted by atomic mass is 16.5. The van der Waals surface area contributed by atoms with Gasteiger partial charge in [0, 0.05) is 29.4 Å². The molecule has 3 nitrogen and oxygen atoms in total. The lowest BCUT2D eigenvalue weighted by Gasteiger charge is -2.15. The van der Waals surface area contributed by atoms with Gasteiger partial charge >= 0.3 is 0 Å². The highest BCUT2D eigenvalue weighted by Gasteiger charge is 2.13. The van der Waals surface area contributed by atoms with E-state index < -0.39 is 0 Å². The van der Waals surface area contributed by atoms with Crippen LogP contribution >= 0.6 is 0 Å². The van der Waals surface area contributed by atoms with Crippen LogP contribution in [0.3, 0.4) is 0 Å². The van der Waals surface area contributed by atoms with E-state index >= 15 is 0 Å². The summed E-state index contributed by atoms with van der Waals surface area (Å²) in [7, 11) is 1.68. The summed E-state index contributed by atoms with van der Waals surface area (Å²) in [4.78, 5) is 4.41. The van der Waals surface area contributed by atoms with E-state index in [1.54, 1.807) is 7.11 Å². The molecule has 0 fully saturated rings. The van der Waals surface area contributed by atoms with E-state index in [2.05, 4.69) is 11.9 Å². The number of aryl methyl sites for hydroxylation is 1. The molecule has 1 unspecified atom stereocenters. The topological polar surface area (TPSA) is 42.4 Å². The van der Waals surface area contributed by atoms with Gasteiger partial charge < -0.3 is 9.84 Å². The first kappa shape index (κ1) is 15.0. The molecule has 1 rings (SSSR count). The minimum absolute atomic E-state index is 0.296. The van der Waals surface area contributed by atoms with Crippen molar-refractivity contribution in [2.45, 2.75) is 59.0 Å². The second-order valence-electron chi connectivity index (χ2n) is 4.90. The average molecular weight is 251 g/mol. The number of aliphatic hydroxyl groups excluding tert-OH is 1. The normalized spacial score (nSPS) is 12.5. The minimum atomic E-state index is -0.296. The zero-order valence-electron chi connectivity index (χ0n) is 12.0. The molecule has 102 valence electrons. The van der Waals surface area contributed by atoms with Crippen LogP contribution in [0.4, 0.5) is 0 Å². The lowest BCUT2D eigenvalue weighted by Crippen LogP contribution is -2.13. The van der Waals surface area contributed by atoms with Crippen LogP contribution in [0.5, 0.6) is 5.75 Å². The Kier molecular flexibility index (Phi) is 6.13. The predicted molar refractivity (Wildman–Crippen MR) is 74.1 cm³/mol. The Morgan fingerprint density at radius 3 is 2.67 bits per heavy atom. The molecule has 1 heterocycles. The second kappa shape index (κ2) is 7.37. The van der Waals surface area contributed by atoms with Crippen LogP contribution in [0.1, 0.15) is 49.4 Å². The number of aromatic nitrogens is 1. The van der Waals surface area contributed by atoms with Crippen molar-refractivity contribution in [2.75, 3.05) is 7.11 Å². The van der Waals surface area contributed by atoms with Crippen molar-refractivity contribution in [1.29, 1.82) is 0 Å². The van der Waals surface area contributed by atoms with Gasteiger partial charge in [-0.05, 0) is 20.3 Å². The summed E-state index contributed by atoms with van der Waals surface area (Å²) in [6, 6.07) is 0. The third-order valence-electron chi connectivity index (χ3n) is 3.32. The van der Waals surface area contributed by atoms with Gasteiger partial charge in [0.05, 0.1) is 13.2 Å². The summed E-state index contributed by atoms with van der Waals surface area (Å²) >= 11 is 0. The minimum Gasteiger partial charge on any atom is -0.496 e. The van der Waals surface area contributed by atoms with Gasteiger partial charge in [0.1, 0.15) is 5.75 Å². The number of ether oxygens (including phenoxy) is 1. The van der Waals surface area contributed by atoms with E-state index in [1.807, 2.05) is 20.0 Å². The first-order chi connectivity index (χ1) is 8.60. The van der Waals surface area contributed by atoms with Crippen LogP contribution in [-0.4, -0.2) is 23.3 Å². The van der Waals surface area contributed by atoms with Crippen molar-refractivity contribution in [3.8, 4) is 5.75 Å². The third-order valence-corrected chi connectivity index (χ3v) is 3.32. The predicted octanol–water partition coefficient (Wildman–Crippen LogP) is 3.19. The van der Waals surface area contributed by atoms with Gasteiger partial charge in [0.15, 0.2) is 0 Å². The van der Waals surface area contributed by atoms with Crippen LogP contribution in [0.15, 0.2) is 6.20 Å². The molecule has 3 heteroatoms. The molecule has 0 saturated carbocycles. The summed E-state index contributed by atoms with van der Waals surface area (Å²) in [5, 5.41) is 10.0. The van der Waals surface area contributed by atoms with E-state index in [0.29, 0.717) is 6.42 Å². The molecule has 0 aromatic carbocycles. The van der Waals surface area contributed by atoms with Crippen LogP contribution < -0.4 is 4.74 Å². The summed E-state index contributed by atoms with van der Waals surface area (Å²) in [5.41, 5.74) is 3.03. The quantitative estimate of drug-likeness (QED) is 0.757. The largest absolute Gasteiger partial charge is 0.496 e. The van der Waals surface area contributed by atoms with E-state index in [9.17, 15) is 5.11 Å². The van der Waals surface area contributed by atoms with Crippen LogP contribution in [-0.2, 0) is 6.42 Å². The maximum atomic E-state index is 10.0. The van der Waals surface area contributed by atoms with Gasteiger partial charge in [-0.1, -0.05) is 26.2 Å². The number of pyridine rings is 1. The van der Waals surface area contributed by atoms with E-state index in [4.69, 9.17) is 4.74 Å². The summed E-state index contributed by atoms with van der Waals surface area (Å²) in [5.74, 6) is 0.890. The molecular formula is C15H25NO2. The molecule has 1 atom stereocenters.